The van der Waals surface area contributed by atoms with Crippen LogP contribution < -0.4 is 74.6 Å². The minimum atomic E-state index is -4.83. The average molecular weight is 507 g/mol. The van der Waals surface area contributed by atoms with Crippen LogP contribution in [0.15, 0.2) is 94.0 Å². The number of carboxylic acids is 1. The van der Waals surface area contributed by atoms with Crippen molar-refractivity contribution in [2.24, 2.45) is 10.2 Å². The Morgan fingerprint density at radius 3 is 2.17 bits per heavy atom. The van der Waals surface area contributed by atoms with Gasteiger partial charge in [-0.2, -0.15) is 8.42 Å². The smallest absolute Gasteiger partial charge is 0.871 e. The van der Waals surface area contributed by atoms with Gasteiger partial charge in [-0.1, -0.05) is 48.2 Å². The Morgan fingerprint density at radius 2 is 1.51 bits per heavy atom. The van der Waals surface area contributed by atoms with Crippen molar-refractivity contribution in [3.05, 3.63) is 84.4 Å². The monoisotopic (exact) mass is 507 g/mol. The molecular weight excluding hydrogens is 492 g/mol. The quantitative estimate of drug-likeness (QED) is 0.169. The molecule has 0 atom stereocenters. The van der Waals surface area contributed by atoms with E-state index in [9.17, 15) is 28.0 Å². The molecule has 9 nitrogen and oxygen atoms in total. The van der Waals surface area contributed by atoms with Gasteiger partial charge in [-0.25, -0.2) is 0 Å². The molecule has 0 fully saturated rings. The van der Waals surface area contributed by atoms with Gasteiger partial charge in [-0.15, -0.1) is 10.2 Å². The van der Waals surface area contributed by atoms with Crippen molar-refractivity contribution in [2.45, 2.75) is 4.90 Å². The zero-order valence-electron chi connectivity index (χ0n) is 18.8. The van der Waals surface area contributed by atoms with Crippen molar-refractivity contribution in [3.63, 3.8) is 0 Å². The van der Waals surface area contributed by atoms with Crippen LogP contribution >= 0.6 is 0 Å². The molecule has 4 rings (SSSR count). The van der Waals surface area contributed by atoms with Gasteiger partial charge in [-0.05, 0) is 47.2 Å². The molecule has 4 aromatic rings. The third-order valence-electron chi connectivity index (χ3n) is 4.76. The van der Waals surface area contributed by atoms with E-state index < -0.39 is 32.4 Å². The predicted octanol–water partition coefficient (Wildman–Crippen LogP) is -2.31. The van der Waals surface area contributed by atoms with Crippen LogP contribution in [0.5, 0.6) is 5.75 Å². The molecule has 0 saturated heterocycles. The number of nitrogens with zero attached hydrogens (tertiary/aromatic N) is 2. The number of fused-ring (bicyclic) bond motifs is 1. The van der Waals surface area contributed by atoms with Gasteiger partial charge in [0.25, 0.3) is 10.1 Å². The van der Waals surface area contributed by atoms with E-state index in [1.54, 1.807) is 6.07 Å². The zero-order chi connectivity index (χ0) is 23.6. The maximum absolute atomic E-state index is 13.2. The Hall–Kier alpha value is -2.28. The van der Waals surface area contributed by atoms with E-state index in [1.807, 2.05) is 30.3 Å². The van der Waals surface area contributed by atoms with Crippen LogP contribution in [-0.4, -0.2) is 18.9 Å². The minimum Gasteiger partial charge on any atom is -0.871 e. The first-order valence-electron chi connectivity index (χ1n) is 9.53. The van der Waals surface area contributed by atoms with Gasteiger partial charge in [0.15, 0.2) is 0 Å². The summed E-state index contributed by atoms with van der Waals surface area (Å²) in [6.45, 7) is 0. The van der Waals surface area contributed by atoms with Crippen molar-refractivity contribution < 1.29 is 87.1 Å². The van der Waals surface area contributed by atoms with E-state index in [2.05, 4.69) is 15.5 Å². The van der Waals surface area contributed by atoms with Gasteiger partial charge in [-0.3, -0.25) is 4.55 Å². The third kappa shape index (κ3) is 6.69. The summed E-state index contributed by atoms with van der Waals surface area (Å²) in [6.07, 6.45) is 0. The van der Waals surface area contributed by atoms with Gasteiger partial charge in [0.05, 0.1) is 17.3 Å². The molecule has 0 radical (unpaired) electrons. The molecule has 0 bridgehead atoms. The molecule has 0 unspecified atom stereocenters. The van der Waals surface area contributed by atoms with Crippen LogP contribution in [0.3, 0.4) is 0 Å². The number of benzene rings is 4. The minimum absolute atomic E-state index is 0. The van der Waals surface area contributed by atoms with Crippen LogP contribution in [-0.2, 0) is 10.1 Å². The fraction of sp³-hybridized carbons (Fsp3) is 0. The number of para-hydroxylation sites is 1. The number of anilines is 2. The molecule has 0 aliphatic heterocycles. The number of nitrogens with one attached hydrogen (secondary N) is 1. The van der Waals surface area contributed by atoms with E-state index >= 15 is 0 Å². The molecule has 166 valence electrons. The first kappa shape index (κ1) is 29.0. The Kier molecular flexibility index (Phi) is 10.0. The van der Waals surface area contributed by atoms with Crippen LogP contribution in [0.25, 0.3) is 10.8 Å². The molecule has 0 heterocycles. The van der Waals surface area contributed by atoms with Crippen molar-refractivity contribution >= 4 is 49.6 Å². The molecule has 0 aliphatic rings. The molecule has 12 heteroatoms. The van der Waals surface area contributed by atoms with Crippen LogP contribution in [0.2, 0.25) is 0 Å². The number of azo groups is 1. The topological polar surface area (TPSA) is 154 Å². The van der Waals surface area contributed by atoms with Crippen molar-refractivity contribution in [1.82, 2.24) is 0 Å². The normalized spacial score (nSPS) is 11.0. The number of rotatable bonds is 6. The summed E-state index contributed by atoms with van der Waals surface area (Å²) in [6, 6.07) is 20.5. The number of carbonyl (C=O) groups is 1. The Labute approximate surface area is 245 Å². The Balaban J connectivity index is 0.00000216. The summed E-state index contributed by atoms with van der Waals surface area (Å²) in [5.74, 6) is -2.32. The molecule has 0 saturated carbocycles. The second-order valence-corrected chi connectivity index (χ2v) is 8.35. The number of hydrogen-bond donors (Lipinski definition) is 2. The van der Waals surface area contributed by atoms with Crippen LogP contribution in [0.4, 0.5) is 22.7 Å². The molecule has 2 N–H and O–H groups in total. The molecule has 35 heavy (non-hydrogen) atoms. The molecule has 0 amide bonds. The summed E-state index contributed by atoms with van der Waals surface area (Å²) >= 11 is 0. The Morgan fingerprint density at radius 1 is 0.857 bits per heavy atom. The number of aromatic carboxylic acids is 1. The van der Waals surface area contributed by atoms with Gasteiger partial charge in [0.1, 0.15) is 4.90 Å². The molecule has 0 aromatic heterocycles. The molecule has 4 aromatic carbocycles. The largest absolute Gasteiger partial charge is 1.00 e. The van der Waals surface area contributed by atoms with E-state index in [0.717, 1.165) is 11.8 Å². The Bertz CT molecular complexity index is 1510. The van der Waals surface area contributed by atoms with Crippen molar-refractivity contribution in [1.29, 1.82) is 0 Å². The summed E-state index contributed by atoms with van der Waals surface area (Å²) in [5, 5.41) is 35.4. The summed E-state index contributed by atoms with van der Waals surface area (Å²) in [5.41, 5.74) is 0.262. The SMILES string of the molecule is O=C([O-])c1ccccc1N=Nc1c(S(=O)(=O)O)cc2ccc(Nc3ccccc3)cc2c1[O-].[Na+].[Na+]. The zero-order valence-corrected chi connectivity index (χ0v) is 23.6. The fourth-order valence-electron chi connectivity index (χ4n) is 3.22. The van der Waals surface area contributed by atoms with E-state index in [-0.39, 0.29) is 81.1 Å². The van der Waals surface area contributed by atoms with Crippen LogP contribution in [0.1, 0.15) is 10.4 Å². The predicted molar refractivity (Wildman–Crippen MR) is 118 cm³/mol. The number of hydrogen-bond acceptors (Lipinski definition) is 8. The van der Waals surface area contributed by atoms with Gasteiger partial charge in [0.2, 0.25) is 0 Å². The first-order chi connectivity index (χ1) is 15.7. The number of carbonyl (C=O) groups excluding carboxylic acids is 1. The first-order valence-corrected chi connectivity index (χ1v) is 11.0. The second kappa shape index (κ2) is 12.1. The van der Waals surface area contributed by atoms with Gasteiger partial charge < -0.3 is 20.3 Å². The van der Waals surface area contributed by atoms with Crippen molar-refractivity contribution in [2.75, 3.05) is 5.32 Å². The maximum atomic E-state index is 13.2. The molecule has 0 aliphatic carbocycles. The standard InChI is InChI=1S/C23H17N3O6S.2Na/c27-22-18-13-16(24-15-6-2-1-3-7-15)11-10-14(18)12-20(33(30,31)32)21(22)26-25-19-9-5-4-8-17(19)23(28)29;;/h1-13,24,27H,(H,28,29)(H,30,31,32);;/q;2*+1/p-2. The summed E-state index contributed by atoms with van der Waals surface area (Å²) in [7, 11) is -4.83. The van der Waals surface area contributed by atoms with Crippen molar-refractivity contribution in [3.8, 4) is 5.75 Å². The fourth-order valence-corrected chi connectivity index (χ4v) is 3.88. The summed E-state index contributed by atoms with van der Waals surface area (Å²) < 4.78 is 33.5. The van der Waals surface area contributed by atoms with E-state index in [1.165, 1.54) is 36.4 Å². The molecular formula is C23H15N3Na2O6S. The van der Waals surface area contributed by atoms with Crippen LogP contribution in [0, 0.1) is 0 Å². The van der Waals surface area contributed by atoms with E-state index in [4.69, 9.17) is 0 Å². The maximum Gasteiger partial charge on any atom is 1.00 e. The third-order valence-corrected chi connectivity index (χ3v) is 5.62. The number of carboxylic acid groups (broad SMARTS) is 1. The van der Waals surface area contributed by atoms with E-state index in [0.29, 0.717) is 5.69 Å². The molecule has 0 spiro atoms. The summed E-state index contributed by atoms with van der Waals surface area (Å²) in [4.78, 5) is 10.5. The van der Waals surface area contributed by atoms with Gasteiger partial charge >= 0.3 is 59.1 Å². The average Bonchev–Trinajstić information content (AvgIpc) is 2.79. The van der Waals surface area contributed by atoms with Gasteiger partial charge in [0, 0.05) is 16.9 Å². The second-order valence-electron chi connectivity index (χ2n) is 6.96.